The Bertz CT molecular complexity index is 424. The zero-order chi connectivity index (χ0) is 18.4. The first-order chi connectivity index (χ1) is 11.4. The topological polar surface area (TPSA) is 108 Å². The van der Waals surface area contributed by atoms with Crippen LogP contribution in [0.25, 0.3) is 0 Å². The van der Waals surface area contributed by atoms with Crippen molar-refractivity contribution >= 4 is 23.9 Å². The van der Waals surface area contributed by atoms with E-state index in [-0.39, 0.29) is 31.4 Å². The Morgan fingerprint density at radius 1 is 0.833 bits per heavy atom. The lowest BCUT2D eigenvalue weighted by atomic mass is 10.3. The van der Waals surface area contributed by atoms with Crippen LogP contribution < -0.4 is 0 Å². The van der Waals surface area contributed by atoms with Crippen molar-refractivity contribution in [3.8, 4) is 0 Å². The molecule has 0 aliphatic carbocycles. The van der Waals surface area contributed by atoms with Gasteiger partial charge in [0, 0.05) is 26.6 Å². The fourth-order valence-corrected chi connectivity index (χ4v) is 1.66. The van der Waals surface area contributed by atoms with Crippen molar-refractivity contribution in [2.75, 3.05) is 46.6 Å². The number of carbonyl (C=O) groups excluding carboxylic acids is 4. The average Bonchev–Trinajstić information content (AvgIpc) is 2.54. The Labute approximate surface area is 141 Å². The molecule has 0 aliphatic heterocycles. The molecule has 9 heteroatoms. The molecular formula is C15H25NO8. The summed E-state index contributed by atoms with van der Waals surface area (Å²) in [6.07, 6.45) is 0.317. The fraction of sp³-hybridized carbons (Fsp3) is 0.733. The number of carbonyl (C=O) groups is 4. The Morgan fingerprint density at radius 2 is 1.46 bits per heavy atom. The SMILES string of the molecule is CCOC(=O)CCN(CCOC(=O)COC(C)=O)CCC(=O)OC. The highest BCUT2D eigenvalue weighted by molar-refractivity contribution is 5.75. The van der Waals surface area contributed by atoms with Crippen LogP contribution in [-0.4, -0.2) is 75.3 Å². The van der Waals surface area contributed by atoms with Crippen molar-refractivity contribution in [2.45, 2.75) is 26.7 Å². The third-order valence-corrected chi connectivity index (χ3v) is 2.86. The molecule has 0 atom stereocenters. The van der Waals surface area contributed by atoms with Gasteiger partial charge in [-0.2, -0.15) is 0 Å². The molecule has 0 N–H and O–H groups in total. The minimum atomic E-state index is -0.663. The van der Waals surface area contributed by atoms with Crippen LogP contribution >= 0.6 is 0 Å². The van der Waals surface area contributed by atoms with Crippen LogP contribution in [0, 0.1) is 0 Å². The number of ether oxygens (including phenoxy) is 4. The molecule has 9 nitrogen and oxygen atoms in total. The molecule has 0 fully saturated rings. The standard InChI is InChI=1S/C15H25NO8/c1-4-22-14(19)6-8-16(7-5-13(18)21-3)9-10-23-15(20)11-24-12(2)17/h4-11H2,1-3H3. The van der Waals surface area contributed by atoms with E-state index in [1.165, 1.54) is 14.0 Å². The third kappa shape index (κ3) is 12.4. The van der Waals surface area contributed by atoms with Gasteiger partial charge in [-0.15, -0.1) is 0 Å². The zero-order valence-electron chi connectivity index (χ0n) is 14.4. The van der Waals surface area contributed by atoms with Gasteiger partial charge in [0.1, 0.15) is 6.61 Å². The van der Waals surface area contributed by atoms with Crippen molar-refractivity contribution in [2.24, 2.45) is 0 Å². The Morgan fingerprint density at radius 3 is 2.00 bits per heavy atom. The average molecular weight is 347 g/mol. The van der Waals surface area contributed by atoms with Crippen LogP contribution in [0.3, 0.4) is 0 Å². The van der Waals surface area contributed by atoms with Gasteiger partial charge in [0.05, 0.1) is 26.6 Å². The number of esters is 4. The van der Waals surface area contributed by atoms with Gasteiger partial charge >= 0.3 is 23.9 Å². The van der Waals surface area contributed by atoms with E-state index in [0.29, 0.717) is 26.2 Å². The summed E-state index contributed by atoms with van der Waals surface area (Å²) in [5.41, 5.74) is 0. The molecule has 0 saturated carbocycles. The van der Waals surface area contributed by atoms with Gasteiger partial charge in [0.2, 0.25) is 0 Å². The van der Waals surface area contributed by atoms with Crippen LogP contribution in [0.2, 0.25) is 0 Å². The molecule has 0 rings (SSSR count). The highest BCUT2D eigenvalue weighted by Crippen LogP contribution is 1.98. The summed E-state index contributed by atoms with van der Waals surface area (Å²) in [4.78, 5) is 46.3. The quantitative estimate of drug-likeness (QED) is 0.353. The summed E-state index contributed by atoms with van der Waals surface area (Å²) in [5, 5.41) is 0. The van der Waals surface area contributed by atoms with E-state index in [9.17, 15) is 19.2 Å². The second-order valence-corrected chi connectivity index (χ2v) is 4.72. The van der Waals surface area contributed by atoms with E-state index >= 15 is 0 Å². The molecule has 0 aromatic heterocycles. The number of rotatable bonds is 12. The molecule has 0 aromatic carbocycles. The maximum atomic E-state index is 11.4. The van der Waals surface area contributed by atoms with Gasteiger partial charge in [-0.25, -0.2) is 4.79 Å². The second kappa shape index (κ2) is 13.3. The minimum Gasteiger partial charge on any atom is -0.469 e. The number of methoxy groups -OCH3 is 1. The number of hydrogen-bond donors (Lipinski definition) is 0. The van der Waals surface area contributed by atoms with Crippen molar-refractivity contribution in [3.05, 3.63) is 0 Å². The Kier molecular flexibility index (Phi) is 12.1. The maximum absolute atomic E-state index is 11.4. The highest BCUT2D eigenvalue weighted by Gasteiger charge is 2.13. The molecule has 24 heavy (non-hydrogen) atoms. The molecule has 0 aromatic rings. The van der Waals surface area contributed by atoms with Crippen LogP contribution in [0.4, 0.5) is 0 Å². The predicted octanol–water partition coefficient (Wildman–Crippen LogP) is -0.0890. The molecule has 0 unspecified atom stereocenters. The molecule has 0 spiro atoms. The molecule has 0 bridgehead atoms. The largest absolute Gasteiger partial charge is 0.469 e. The van der Waals surface area contributed by atoms with Gasteiger partial charge < -0.3 is 18.9 Å². The Hall–Kier alpha value is -2.16. The van der Waals surface area contributed by atoms with E-state index < -0.39 is 18.5 Å². The first-order valence-electron chi connectivity index (χ1n) is 7.62. The summed E-state index contributed by atoms with van der Waals surface area (Å²) < 4.78 is 18.8. The number of hydrogen-bond acceptors (Lipinski definition) is 9. The third-order valence-electron chi connectivity index (χ3n) is 2.86. The van der Waals surface area contributed by atoms with E-state index in [2.05, 4.69) is 9.47 Å². The lowest BCUT2D eigenvalue weighted by Gasteiger charge is -2.21. The van der Waals surface area contributed by atoms with Crippen LogP contribution in [0.5, 0.6) is 0 Å². The van der Waals surface area contributed by atoms with Crippen LogP contribution in [-0.2, 0) is 38.1 Å². The normalized spacial score (nSPS) is 10.2. The van der Waals surface area contributed by atoms with Crippen LogP contribution in [0.15, 0.2) is 0 Å². The summed E-state index contributed by atoms with van der Waals surface area (Å²) in [7, 11) is 1.29. The monoisotopic (exact) mass is 347 g/mol. The molecule has 0 saturated heterocycles. The van der Waals surface area contributed by atoms with Gasteiger partial charge in [-0.05, 0) is 6.92 Å². The van der Waals surface area contributed by atoms with Crippen molar-refractivity contribution < 1.29 is 38.1 Å². The summed E-state index contributed by atoms with van der Waals surface area (Å²) in [6.45, 7) is 3.85. The minimum absolute atomic E-state index is 0.0457. The second-order valence-electron chi connectivity index (χ2n) is 4.72. The molecule has 0 radical (unpaired) electrons. The van der Waals surface area contributed by atoms with Gasteiger partial charge in [-0.1, -0.05) is 0 Å². The predicted molar refractivity (Wildman–Crippen MR) is 81.9 cm³/mol. The lowest BCUT2D eigenvalue weighted by molar-refractivity contribution is -0.157. The van der Waals surface area contributed by atoms with Crippen molar-refractivity contribution in [3.63, 3.8) is 0 Å². The zero-order valence-corrected chi connectivity index (χ0v) is 14.4. The molecule has 0 heterocycles. The molecule has 0 amide bonds. The van der Waals surface area contributed by atoms with E-state index in [0.717, 1.165) is 0 Å². The van der Waals surface area contributed by atoms with Crippen molar-refractivity contribution in [1.82, 2.24) is 4.90 Å². The highest BCUT2D eigenvalue weighted by atomic mass is 16.6. The van der Waals surface area contributed by atoms with Crippen LogP contribution in [0.1, 0.15) is 26.7 Å². The maximum Gasteiger partial charge on any atom is 0.344 e. The van der Waals surface area contributed by atoms with Gasteiger partial charge in [0.25, 0.3) is 0 Å². The van der Waals surface area contributed by atoms with E-state index in [1.807, 2.05) is 0 Å². The van der Waals surface area contributed by atoms with Gasteiger partial charge in [0.15, 0.2) is 6.61 Å². The van der Waals surface area contributed by atoms with E-state index in [1.54, 1.807) is 11.8 Å². The lowest BCUT2D eigenvalue weighted by Crippen LogP contribution is -2.33. The fourth-order valence-electron chi connectivity index (χ4n) is 1.66. The Balaban J connectivity index is 4.21. The summed E-state index contributed by atoms with van der Waals surface area (Å²) in [5.74, 6) is -1.94. The summed E-state index contributed by atoms with van der Waals surface area (Å²) in [6, 6.07) is 0. The van der Waals surface area contributed by atoms with Crippen molar-refractivity contribution in [1.29, 1.82) is 0 Å². The molecule has 138 valence electrons. The van der Waals surface area contributed by atoms with E-state index in [4.69, 9.17) is 9.47 Å². The molecular weight excluding hydrogens is 322 g/mol. The smallest absolute Gasteiger partial charge is 0.344 e. The summed E-state index contributed by atoms with van der Waals surface area (Å²) >= 11 is 0. The van der Waals surface area contributed by atoms with Gasteiger partial charge in [-0.3, -0.25) is 19.3 Å². The first kappa shape index (κ1) is 21.8. The number of nitrogens with zero attached hydrogens (tertiary/aromatic N) is 1. The first-order valence-corrected chi connectivity index (χ1v) is 7.62. The molecule has 0 aliphatic rings.